The predicted molar refractivity (Wildman–Crippen MR) is 101 cm³/mol. The third-order valence-corrected chi connectivity index (χ3v) is 4.66. The molecular weight excluding hydrogens is 378 g/mol. The van der Waals surface area contributed by atoms with E-state index in [4.69, 9.17) is 23.2 Å². The average Bonchev–Trinajstić information content (AvgIpc) is 2.61. The first-order chi connectivity index (χ1) is 12.3. The normalized spacial score (nSPS) is 11.7. The molecule has 2 amide bonds. The summed E-state index contributed by atoms with van der Waals surface area (Å²) >= 11 is 12.1. The zero-order valence-electron chi connectivity index (χ0n) is 14.4. The average molecular weight is 397 g/mol. The summed E-state index contributed by atoms with van der Waals surface area (Å²) in [5.74, 6) is -1.16. The Hall–Kier alpha value is -2.11. The van der Waals surface area contributed by atoms with E-state index < -0.39 is 11.9 Å². The number of likely N-dealkylation sites (N-methyl/N-ethyl adjacent to an activating group) is 1. The molecule has 0 aliphatic heterocycles. The molecule has 0 aliphatic carbocycles. The van der Waals surface area contributed by atoms with Gasteiger partial charge in [-0.15, -0.1) is 0 Å². The molecule has 4 nitrogen and oxygen atoms in total. The van der Waals surface area contributed by atoms with Gasteiger partial charge in [-0.25, -0.2) is 4.39 Å². The molecule has 2 aromatic rings. The summed E-state index contributed by atoms with van der Waals surface area (Å²) in [7, 11) is 1.49. The van der Waals surface area contributed by atoms with Crippen LogP contribution in [0, 0.1) is 5.82 Å². The van der Waals surface area contributed by atoms with Gasteiger partial charge in [0.15, 0.2) is 0 Å². The Morgan fingerprint density at radius 2 is 1.85 bits per heavy atom. The largest absolute Gasteiger partial charge is 0.357 e. The lowest BCUT2D eigenvalue weighted by Crippen LogP contribution is -2.47. The first-order valence-corrected chi connectivity index (χ1v) is 8.77. The topological polar surface area (TPSA) is 49.4 Å². The molecule has 2 aromatic carbocycles. The van der Waals surface area contributed by atoms with Crippen LogP contribution in [0.15, 0.2) is 42.5 Å². The predicted octanol–water partition coefficient (Wildman–Crippen LogP) is 3.84. The van der Waals surface area contributed by atoms with Crippen molar-refractivity contribution in [3.63, 3.8) is 0 Å². The summed E-state index contributed by atoms with van der Waals surface area (Å²) in [4.78, 5) is 26.3. The van der Waals surface area contributed by atoms with Crippen LogP contribution in [-0.4, -0.2) is 29.8 Å². The van der Waals surface area contributed by atoms with E-state index in [0.29, 0.717) is 15.6 Å². The molecule has 0 aliphatic rings. The van der Waals surface area contributed by atoms with Crippen molar-refractivity contribution in [1.82, 2.24) is 10.2 Å². The number of halogens is 3. The number of hydrogen-bond donors (Lipinski definition) is 1. The Bertz CT molecular complexity index is 814. The number of rotatable bonds is 6. The number of carbonyl (C=O) groups excluding carboxylic acids is 2. The first-order valence-electron chi connectivity index (χ1n) is 8.02. The van der Waals surface area contributed by atoms with Gasteiger partial charge in [0.1, 0.15) is 11.9 Å². The van der Waals surface area contributed by atoms with Crippen molar-refractivity contribution in [3.05, 3.63) is 69.5 Å². The van der Waals surface area contributed by atoms with Crippen molar-refractivity contribution in [1.29, 1.82) is 0 Å². The lowest BCUT2D eigenvalue weighted by molar-refractivity contribution is -0.139. The van der Waals surface area contributed by atoms with Crippen LogP contribution in [0.25, 0.3) is 0 Å². The fourth-order valence-electron chi connectivity index (χ4n) is 2.53. The van der Waals surface area contributed by atoms with E-state index in [1.165, 1.54) is 18.0 Å². The highest BCUT2D eigenvalue weighted by molar-refractivity contribution is 6.35. The summed E-state index contributed by atoms with van der Waals surface area (Å²) < 4.78 is 13.9. The maximum absolute atomic E-state index is 13.9. The lowest BCUT2D eigenvalue weighted by atomic mass is 10.1. The van der Waals surface area contributed by atoms with Gasteiger partial charge in [-0.3, -0.25) is 9.59 Å². The Balaban J connectivity index is 2.29. The fraction of sp³-hybridized carbons (Fsp3) is 0.263. The highest BCUT2D eigenvalue weighted by Crippen LogP contribution is 2.23. The summed E-state index contributed by atoms with van der Waals surface area (Å²) in [6.07, 6.45) is -0.154. The molecule has 1 N–H and O–H groups in total. The second-order valence-electron chi connectivity index (χ2n) is 5.82. The molecule has 1 atom stereocenters. The molecule has 26 heavy (non-hydrogen) atoms. The maximum Gasteiger partial charge on any atom is 0.242 e. The lowest BCUT2D eigenvalue weighted by Gasteiger charge is -2.29. The molecule has 7 heteroatoms. The zero-order valence-corrected chi connectivity index (χ0v) is 15.9. The maximum atomic E-state index is 13.9. The molecule has 0 saturated carbocycles. The van der Waals surface area contributed by atoms with Crippen molar-refractivity contribution in [2.75, 3.05) is 7.05 Å². The Labute approximate surface area is 161 Å². The summed E-state index contributed by atoms with van der Waals surface area (Å²) in [5, 5.41) is 3.39. The molecule has 0 bridgehead atoms. The highest BCUT2D eigenvalue weighted by atomic mass is 35.5. The van der Waals surface area contributed by atoms with E-state index in [1.807, 2.05) is 0 Å². The Morgan fingerprint density at radius 3 is 2.46 bits per heavy atom. The number of hydrogen-bond acceptors (Lipinski definition) is 2. The van der Waals surface area contributed by atoms with Crippen LogP contribution in [0.4, 0.5) is 4.39 Å². The van der Waals surface area contributed by atoms with Crippen LogP contribution >= 0.6 is 23.2 Å². The molecule has 0 saturated heterocycles. The Kier molecular flexibility index (Phi) is 7.00. The third kappa shape index (κ3) is 4.96. The van der Waals surface area contributed by atoms with Crippen LogP contribution in [0.3, 0.4) is 0 Å². The second-order valence-corrected chi connectivity index (χ2v) is 6.66. The summed E-state index contributed by atoms with van der Waals surface area (Å²) in [6.45, 7) is 1.72. The molecule has 0 spiro atoms. The van der Waals surface area contributed by atoms with Crippen LogP contribution in [0.1, 0.15) is 18.1 Å². The van der Waals surface area contributed by atoms with E-state index >= 15 is 0 Å². The smallest absolute Gasteiger partial charge is 0.242 e. The van der Waals surface area contributed by atoms with Crippen LogP contribution in [-0.2, 0) is 22.6 Å². The number of nitrogens with one attached hydrogen (secondary N) is 1. The standard InChI is InChI=1S/C19H19Cl2FN2O2/c1-12(19(26)23-2)24(11-14-7-8-15(20)10-16(14)21)18(25)9-13-5-3-4-6-17(13)22/h3-8,10,12H,9,11H2,1-2H3,(H,23,26)/t12-/m0/s1. The van der Waals surface area contributed by atoms with Gasteiger partial charge in [0.05, 0.1) is 6.42 Å². The minimum absolute atomic E-state index is 0.109. The Morgan fingerprint density at radius 1 is 1.15 bits per heavy atom. The quantitative estimate of drug-likeness (QED) is 0.806. The van der Waals surface area contributed by atoms with Gasteiger partial charge in [-0.2, -0.15) is 0 Å². The highest BCUT2D eigenvalue weighted by Gasteiger charge is 2.26. The van der Waals surface area contributed by atoms with E-state index in [9.17, 15) is 14.0 Å². The first kappa shape index (κ1) is 20.2. The molecular formula is C19H19Cl2FN2O2. The SMILES string of the molecule is CNC(=O)[C@H](C)N(Cc1ccc(Cl)cc1Cl)C(=O)Cc1ccccc1F. The number of nitrogens with zero attached hydrogens (tertiary/aromatic N) is 1. The van der Waals surface area contributed by atoms with E-state index in [2.05, 4.69) is 5.32 Å². The molecule has 0 aromatic heterocycles. The van der Waals surface area contributed by atoms with Gasteiger partial charge in [-0.1, -0.05) is 47.5 Å². The van der Waals surface area contributed by atoms with Crippen molar-refractivity contribution in [2.45, 2.75) is 25.9 Å². The van der Waals surface area contributed by atoms with Gasteiger partial charge in [0.25, 0.3) is 0 Å². The summed E-state index contributed by atoms with van der Waals surface area (Å²) in [6, 6.07) is 10.2. The van der Waals surface area contributed by atoms with Crippen LogP contribution in [0.2, 0.25) is 10.0 Å². The monoisotopic (exact) mass is 396 g/mol. The van der Waals surface area contributed by atoms with Gasteiger partial charge in [0.2, 0.25) is 11.8 Å². The minimum Gasteiger partial charge on any atom is -0.357 e. The number of carbonyl (C=O) groups is 2. The van der Waals surface area contributed by atoms with E-state index in [1.54, 1.807) is 43.3 Å². The molecule has 0 radical (unpaired) electrons. The van der Waals surface area contributed by atoms with Crippen molar-refractivity contribution in [2.24, 2.45) is 0 Å². The molecule has 0 unspecified atom stereocenters. The van der Waals surface area contributed by atoms with Gasteiger partial charge in [0, 0.05) is 23.6 Å². The van der Waals surface area contributed by atoms with Crippen LogP contribution < -0.4 is 5.32 Å². The van der Waals surface area contributed by atoms with Crippen molar-refractivity contribution >= 4 is 35.0 Å². The second kappa shape index (κ2) is 9.01. The van der Waals surface area contributed by atoms with Crippen molar-refractivity contribution < 1.29 is 14.0 Å². The molecule has 0 fully saturated rings. The minimum atomic E-state index is -0.744. The van der Waals surface area contributed by atoms with E-state index in [0.717, 1.165) is 0 Å². The van der Waals surface area contributed by atoms with Gasteiger partial charge >= 0.3 is 0 Å². The van der Waals surface area contributed by atoms with E-state index in [-0.39, 0.29) is 30.3 Å². The number of amides is 2. The van der Waals surface area contributed by atoms with Gasteiger partial charge in [-0.05, 0) is 36.2 Å². The van der Waals surface area contributed by atoms with Gasteiger partial charge < -0.3 is 10.2 Å². The molecule has 2 rings (SSSR count). The zero-order chi connectivity index (χ0) is 19.3. The number of benzene rings is 2. The molecule has 0 heterocycles. The third-order valence-electron chi connectivity index (χ3n) is 4.07. The molecule has 138 valence electrons. The summed E-state index contributed by atoms with van der Waals surface area (Å²) in [5.41, 5.74) is 0.919. The van der Waals surface area contributed by atoms with Crippen molar-refractivity contribution in [3.8, 4) is 0 Å². The fourth-order valence-corrected chi connectivity index (χ4v) is 3.00. The van der Waals surface area contributed by atoms with Crippen LogP contribution in [0.5, 0.6) is 0 Å².